The Labute approximate surface area is 192 Å². The first kappa shape index (κ1) is 27.2. The highest BCUT2D eigenvalue weighted by Crippen LogP contribution is 2.41. The molecular formula is C25H39FN2O2S. The first-order valence-corrected chi connectivity index (χ1v) is 12.5. The monoisotopic (exact) mass is 450 g/mol. The van der Waals surface area contributed by atoms with Gasteiger partial charge < -0.3 is 9.64 Å². The van der Waals surface area contributed by atoms with Crippen molar-refractivity contribution in [2.24, 2.45) is 0 Å². The third-order valence-corrected chi connectivity index (χ3v) is 5.98. The average molecular weight is 451 g/mol. The summed E-state index contributed by atoms with van der Waals surface area (Å²) in [6, 6.07) is 5.15. The van der Waals surface area contributed by atoms with E-state index in [1.54, 1.807) is 40.9 Å². The summed E-state index contributed by atoms with van der Waals surface area (Å²) in [6.45, 7) is 15.1. The van der Waals surface area contributed by atoms with E-state index in [-0.39, 0.29) is 17.2 Å². The zero-order chi connectivity index (χ0) is 23.2. The van der Waals surface area contributed by atoms with Crippen LogP contribution >= 0.6 is 11.8 Å². The molecule has 1 aromatic carbocycles. The molecule has 1 saturated carbocycles. The maximum absolute atomic E-state index is 14.8. The van der Waals surface area contributed by atoms with E-state index in [2.05, 4.69) is 13.2 Å². The Morgan fingerprint density at radius 3 is 2.52 bits per heavy atom. The number of benzene rings is 1. The number of carbonyl (C=O) groups excluding carboxylic acids is 1. The highest BCUT2D eigenvalue weighted by Gasteiger charge is 2.31. The van der Waals surface area contributed by atoms with Crippen LogP contribution in [-0.4, -0.2) is 48.9 Å². The molecule has 3 rings (SSSR count). The Balaban J connectivity index is 0.000000884. The normalized spacial score (nSPS) is 17.8. The molecule has 2 amide bonds. The zero-order valence-corrected chi connectivity index (χ0v) is 20.4. The quantitative estimate of drug-likeness (QED) is 0.445. The molecule has 4 nitrogen and oxygen atoms in total. The second kappa shape index (κ2) is 15.1. The van der Waals surface area contributed by atoms with Crippen molar-refractivity contribution < 1.29 is 13.9 Å². The summed E-state index contributed by atoms with van der Waals surface area (Å²) < 4.78 is 20.4. The molecule has 1 atom stereocenters. The summed E-state index contributed by atoms with van der Waals surface area (Å²) in [5.74, 6) is 0.165. The predicted molar refractivity (Wildman–Crippen MR) is 133 cm³/mol. The van der Waals surface area contributed by atoms with E-state index in [4.69, 9.17) is 4.74 Å². The number of halogens is 1. The van der Waals surface area contributed by atoms with E-state index in [1.165, 1.54) is 0 Å². The molecule has 2 fully saturated rings. The largest absolute Gasteiger partial charge is 0.379 e. The second-order valence-electron chi connectivity index (χ2n) is 7.19. The topological polar surface area (TPSA) is 32.8 Å². The fourth-order valence-electron chi connectivity index (χ4n) is 3.32. The van der Waals surface area contributed by atoms with Crippen LogP contribution in [0.15, 0.2) is 43.5 Å². The molecular weight excluding hydrogens is 411 g/mol. The summed E-state index contributed by atoms with van der Waals surface area (Å²) in [7, 11) is 0. The Kier molecular flexibility index (Phi) is 13.3. The van der Waals surface area contributed by atoms with Gasteiger partial charge >= 0.3 is 6.03 Å². The number of hydrogen-bond acceptors (Lipinski definition) is 3. The molecule has 0 aromatic heterocycles. The summed E-state index contributed by atoms with van der Waals surface area (Å²) >= 11 is 1.64. The molecule has 0 N–H and O–H groups in total. The Hall–Kier alpha value is -1.79. The van der Waals surface area contributed by atoms with Gasteiger partial charge in [-0.1, -0.05) is 32.1 Å². The molecule has 2 aliphatic rings. The Morgan fingerprint density at radius 1 is 1.29 bits per heavy atom. The van der Waals surface area contributed by atoms with E-state index < -0.39 is 0 Å². The van der Waals surface area contributed by atoms with Gasteiger partial charge in [0, 0.05) is 26.1 Å². The minimum absolute atomic E-state index is 0.0463. The van der Waals surface area contributed by atoms with Crippen molar-refractivity contribution in [2.45, 2.75) is 57.7 Å². The van der Waals surface area contributed by atoms with Gasteiger partial charge in [0.15, 0.2) is 0 Å². The standard InChI is InChI=1S/C20H27FN2O2S.C3H6.C2H6/c1-3-4-10-22(18-8-7-16(14-17(18)21)15-5-6-15)20(24)23-11-13-25-12-9-19(23)26-2;1-3-2;1-2/h3,7-8,14-15,19H,1,4-6,9-13H2,2H3;3H,1H2,2H3;1-2H3. The fraction of sp³-hybridized carbons (Fsp3) is 0.560. The Bertz CT molecular complexity index is 694. The summed E-state index contributed by atoms with van der Waals surface area (Å²) in [4.78, 5) is 16.7. The third kappa shape index (κ3) is 8.34. The van der Waals surface area contributed by atoms with E-state index in [1.807, 2.05) is 38.0 Å². The number of carbonyl (C=O) groups is 1. The smallest absolute Gasteiger partial charge is 0.325 e. The zero-order valence-electron chi connectivity index (χ0n) is 19.6. The van der Waals surface area contributed by atoms with Gasteiger partial charge in [0.25, 0.3) is 0 Å². The van der Waals surface area contributed by atoms with Crippen molar-refractivity contribution in [1.82, 2.24) is 4.90 Å². The average Bonchev–Trinajstić information content (AvgIpc) is 3.63. The second-order valence-corrected chi connectivity index (χ2v) is 8.21. The molecule has 0 radical (unpaired) electrons. The van der Waals surface area contributed by atoms with Gasteiger partial charge in [-0.05, 0) is 56.1 Å². The van der Waals surface area contributed by atoms with Crippen molar-refractivity contribution in [2.75, 3.05) is 37.5 Å². The number of urea groups is 1. The van der Waals surface area contributed by atoms with Crippen molar-refractivity contribution in [3.63, 3.8) is 0 Å². The molecule has 1 saturated heterocycles. The first-order valence-electron chi connectivity index (χ1n) is 11.2. The van der Waals surface area contributed by atoms with Crippen LogP contribution in [-0.2, 0) is 4.74 Å². The van der Waals surface area contributed by atoms with Gasteiger partial charge in [-0.15, -0.1) is 24.9 Å². The van der Waals surface area contributed by atoms with Crippen molar-refractivity contribution in [3.8, 4) is 0 Å². The molecule has 0 bridgehead atoms. The van der Waals surface area contributed by atoms with Gasteiger partial charge in [-0.3, -0.25) is 4.90 Å². The van der Waals surface area contributed by atoms with Crippen LogP contribution in [0.1, 0.15) is 57.9 Å². The van der Waals surface area contributed by atoms with E-state index >= 15 is 0 Å². The first-order chi connectivity index (χ1) is 15.1. The number of nitrogens with zero attached hydrogens (tertiary/aromatic N) is 2. The molecule has 31 heavy (non-hydrogen) atoms. The number of allylic oxidation sites excluding steroid dienone is 1. The van der Waals surface area contributed by atoms with Gasteiger partial charge in [0.2, 0.25) is 0 Å². The van der Waals surface area contributed by atoms with Crippen LogP contribution in [0.25, 0.3) is 0 Å². The summed E-state index contributed by atoms with van der Waals surface area (Å²) in [5, 5.41) is 0.0463. The molecule has 1 aromatic rings. The van der Waals surface area contributed by atoms with Crippen molar-refractivity contribution in [1.29, 1.82) is 0 Å². The van der Waals surface area contributed by atoms with Crippen molar-refractivity contribution >= 4 is 23.5 Å². The minimum Gasteiger partial charge on any atom is -0.379 e. The lowest BCUT2D eigenvalue weighted by molar-refractivity contribution is 0.143. The lowest BCUT2D eigenvalue weighted by atomic mass is 10.1. The van der Waals surface area contributed by atoms with E-state index in [0.717, 1.165) is 24.8 Å². The Morgan fingerprint density at radius 2 is 1.97 bits per heavy atom. The summed E-state index contributed by atoms with van der Waals surface area (Å²) in [6.07, 6.45) is 9.15. The molecule has 1 aliphatic heterocycles. The number of anilines is 1. The maximum Gasteiger partial charge on any atom is 0.325 e. The predicted octanol–water partition coefficient (Wildman–Crippen LogP) is 6.84. The van der Waals surface area contributed by atoms with Gasteiger partial charge in [-0.25, -0.2) is 9.18 Å². The number of amides is 2. The van der Waals surface area contributed by atoms with Gasteiger partial charge in [0.1, 0.15) is 5.82 Å². The molecule has 6 heteroatoms. The minimum atomic E-state index is -0.321. The molecule has 174 valence electrons. The molecule has 0 spiro atoms. The number of thioether (sulfide) groups is 1. The summed E-state index contributed by atoms with van der Waals surface area (Å²) in [5.41, 5.74) is 1.39. The SMILES string of the molecule is C=CC.C=CCCN(C(=O)N1CCOCCC1SC)c1ccc(C2CC2)cc1F.CC. The number of hydrogen-bond donors (Lipinski definition) is 0. The number of ether oxygens (including phenoxy) is 1. The lowest BCUT2D eigenvalue weighted by Gasteiger charge is -2.34. The van der Waals surface area contributed by atoms with E-state index in [9.17, 15) is 9.18 Å². The fourth-order valence-corrected chi connectivity index (χ4v) is 4.10. The highest BCUT2D eigenvalue weighted by molar-refractivity contribution is 7.99. The molecule has 1 unspecified atom stereocenters. The number of rotatable bonds is 6. The molecule has 1 aliphatic carbocycles. The van der Waals surface area contributed by atoms with Gasteiger partial charge in [-0.2, -0.15) is 0 Å². The van der Waals surface area contributed by atoms with Crippen LogP contribution in [0, 0.1) is 5.82 Å². The van der Waals surface area contributed by atoms with Crippen molar-refractivity contribution in [3.05, 3.63) is 54.9 Å². The van der Waals surface area contributed by atoms with Crippen LogP contribution in [0.5, 0.6) is 0 Å². The third-order valence-electron chi connectivity index (χ3n) is 4.95. The van der Waals surface area contributed by atoms with Crippen LogP contribution in [0.2, 0.25) is 0 Å². The van der Waals surface area contributed by atoms with E-state index in [0.29, 0.717) is 44.3 Å². The van der Waals surface area contributed by atoms with Crippen LogP contribution in [0.4, 0.5) is 14.9 Å². The maximum atomic E-state index is 14.8. The molecule has 1 heterocycles. The van der Waals surface area contributed by atoms with Gasteiger partial charge in [0.05, 0.1) is 17.7 Å². The van der Waals surface area contributed by atoms with Crippen LogP contribution < -0.4 is 4.90 Å². The lowest BCUT2D eigenvalue weighted by Crippen LogP contribution is -2.48. The highest BCUT2D eigenvalue weighted by atomic mass is 32.2. The van der Waals surface area contributed by atoms with Crippen LogP contribution in [0.3, 0.4) is 0 Å².